The molecule has 1 saturated heterocycles. The van der Waals surface area contributed by atoms with Gasteiger partial charge in [-0.05, 0) is 26.7 Å². The van der Waals surface area contributed by atoms with Crippen molar-refractivity contribution >= 4 is 11.9 Å². The first-order valence-corrected chi connectivity index (χ1v) is 6.98. The van der Waals surface area contributed by atoms with Crippen LogP contribution >= 0.6 is 0 Å². The lowest BCUT2D eigenvalue weighted by Gasteiger charge is -2.32. The second kappa shape index (κ2) is 7.20. The lowest BCUT2D eigenvalue weighted by atomic mass is 10.1. The molecule has 3 N–H and O–H groups in total. The summed E-state index contributed by atoms with van der Waals surface area (Å²) in [6, 6.07) is 0.281. The zero-order valence-electron chi connectivity index (χ0n) is 12.0. The predicted octanol–water partition coefficient (Wildman–Crippen LogP) is 0.561. The Balaban J connectivity index is 2.15. The SMILES string of the molecule is CCOc1nc(NN)nc(N2CCCC(OCC)C2)n1. The second-order valence-corrected chi connectivity index (χ2v) is 4.48. The van der Waals surface area contributed by atoms with Gasteiger partial charge < -0.3 is 14.4 Å². The Morgan fingerprint density at radius 1 is 1.30 bits per heavy atom. The summed E-state index contributed by atoms with van der Waals surface area (Å²) in [7, 11) is 0. The summed E-state index contributed by atoms with van der Waals surface area (Å²) in [6.07, 6.45) is 2.33. The molecule has 1 atom stereocenters. The molecule has 1 aliphatic heterocycles. The molecule has 8 heteroatoms. The molecule has 1 aliphatic rings. The minimum Gasteiger partial charge on any atom is -0.464 e. The van der Waals surface area contributed by atoms with Gasteiger partial charge in [-0.25, -0.2) is 5.84 Å². The summed E-state index contributed by atoms with van der Waals surface area (Å²) in [5.74, 6) is 6.26. The second-order valence-electron chi connectivity index (χ2n) is 4.48. The van der Waals surface area contributed by atoms with Crippen LogP contribution in [0.25, 0.3) is 0 Å². The Labute approximate surface area is 118 Å². The summed E-state index contributed by atoms with van der Waals surface area (Å²) >= 11 is 0. The highest BCUT2D eigenvalue weighted by Crippen LogP contribution is 2.20. The van der Waals surface area contributed by atoms with Crippen LogP contribution in [0.4, 0.5) is 11.9 Å². The van der Waals surface area contributed by atoms with E-state index in [9.17, 15) is 0 Å². The molecule has 20 heavy (non-hydrogen) atoms. The minimum atomic E-state index is 0.218. The Bertz CT molecular complexity index is 428. The average molecular weight is 282 g/mol. The molecule has 0 radical (unpaired) electrons. The van der Waals surface area contributed by atoms with Crippen molar-refractivity contribution < 1.29 is 9.47 Å². The van der Waals surface area contributed by atoms with Gasteiger partial charge in [0.1, 0.15) is 0 Å². The number of hydrogen-bond acceptors (Lipinski definition) is 8. The Morgan fingerprint density at radius 3 is 2.85 bits per heavy atom. The number of nitrogens with one attached hydrogen (secondary N) is 1. The highest BCUT2D eigenvalue weighted by molar-refractivity contribution is 5.38. The summed E-state index contributed by atoms with van der Waals surface area (Å²) in [4.78, 5) is 14.7. The number of nitrogens with two attached hydrogens (primary N) is 1. The predicted molar refractivity (Wildman–Crippen MR) is 75.7 cm³/mol. The average Bonchev–Trinajstić information content (AvgIpc) is 2.48. The largest absolute Gasteiger partial charge is 0.464 e. The molecule has 0 saturated carbocycles. The minimum absolute atomic E-state index is 0.218. The van der Waals surface area contributed by atoms with Crippen LogP contribution in [-0.2, 0) is 4.74 Å². The smallest absolute Gasteiger partial charge is 0.323 e. The number of aromatic nitrogens is 3. The van der Waals surface area contributed by atoms with Crippen LogP contribution in [0.5, 0.6) is 6.01 Å². The molecule has 1 aromatic heterocycles. The third-order valence-electron chi connectivity index (χ3n) is 3.07. The topological polar surface area (TPSA) is 98.4 Å². The van der Waals surface area contributed by atoms with Crippen molar-refractivity contribution in [1.82, 2.24) is 15.0 Å². The van der Waals surface area contributed by atoms with Crippen molar-refractivity contribution in [3.63, 3.8) is 0 Å². The fraction of sp³-hybridized carbons (Fsp3) is 0.750. The van der Waals surface area contributed by atoms with E-state index in [4.69, 9.17) is 15.3 Å². The lowest BCUT2D eigenvalue weighted by Crippen LogP contribution is -2.40. The third kappa shape index (κ3) is 3.67. The number of rotatable bonds is 6. The third-order valence-corrected chi connectivity index (χ3v) is 3.07. The van der Waals surface area contributed by atoms with Gasteiger partial charge in [0.25, 0.3) is 0 Å². The van der Waals surface area contributed by atoms with E-state index in [2.05, 4.69) is 25.3 Å². The summed E-state index contributed by atoms with van der Waals surface area (Å²) in [5, 5.41) is 0. The molecule has 2 heterocycles. The van der Waals surface area contributed by atoms with Crippen molar-refractivity contribution in [2.75, 3.05) is 36.6 Å². The van der Waals surface area contributed by atoms with Crippen LogP contribution in [0.2, 0.25) is 0 Å². The molecular weight excluding hydrogens is 260 g/mol. The number of hydrazine groups is 1. The molecule has 112 valence electrons. The number of nitrogens with zero attached hydrogens (tertiary/aromatic N) is 4. The van der Waals surface area contributed by atoms with Crippen molar-refractivity contribution in [2.45, 2.75) is 32.8 Å². The van der Waals surface area contributed by atoms with Gasteiger partial charge in [-0.2, -0.15) is 15.0 Å². The number of ether oxygens (including phenoxy) is 2. The fourth-order valence-corrected chi connectivity index (χ4v) is 2.24. The lowest BCUT2D eigenvalue weighted by molar-refractivity contribution is 0.0523. The summed E-state index contributed by atoms with van der Waals surface area (Å²) < 4.78 is 11.0. The zero-order valence-corrected chi connectivity index (χ0v) is 12.0. The van der Waals surface area contributed by atoms with E-state index in [1.807, 2.05) is 13.8 Å². The van der Waals surface area contributed by atoms with E-state index < -0.39 is 0 Å². The standard InChI is InChI=1S/C12H22N6O2/c1-3-19-9-6-5-7-18(8-9)11-14-10(17-13)15-12(16-11)20-4-2/h9H,3-8,13H2,1-2H3,(H,14,15,16,17). The molecule has 0 spiro atoms. The molecular formula is C12H22N6O2. The van der Waals surface area contributed by atoms with Crippen LogP contribution in [0.1, 0.15) is 26.7 Å². The number of piperidine rings is 1. The van der Waals surface area contributed by atoms with Crippen molar-refractivity contribution in [2.24, 2.45) is 5.84 Å². The van der Waals surface area contributed by atoms with Crippen LogP contribution in [0, 0.1) is 0 Å². The number of hydrogen-bond donors (Lipinski definition) is 2. The highest BCUT2D eigenvalue weighted by Gasteiger charge is 2.23. The van der Waals surface area contributed by atoms with Gasteiger partial charge in [-0.1, -0.05) is 0 Å². The first-order chi connectivity index (χ1) is 9.76. The van der Waals surface area contributed by atoms with Crippen LogP contribution < -0.4 is 20.9 Å². The van der Waals surface area contributed by atoms with Crippen molar-refractivity contribution in [3.05, 3.63) is 0 Å². The Hall–Kier alpha value is -1.67. The first kappa shape index (κ1) is 14.7. The maximum Gasteiger partial charge on any atom is 0.323 e. The molecule has 0 aliphatic carbocycles. The molecule has 0 bridgehead atoms. The molecule has 0 amide bonds. The maximum absolute atomic E-state index is 5.68. The van der Waals surface area contributed by atoms with E-state index in [-0.39, 0.29) is 12.1 Å². The van der Waals surface area contributed by atoms with Gasteiger partial charge in [0.2, 0.25) is 11.9 Å². The quantitative estimate of drug-likeness (QED) is 0.577. The van der Waals surface area contributed by atoms with Gasteiger partial charge in [0, 0.05) is 19.7 Å². The highest BCUT2D eigenvalue weighted by atomic mass is 16.5. The van der Waals surface area contributed by atoms with E-state index in [0.717, 1.165) is 32.5 Å². The molecule has 8 nitrogen and oxygen atoms in total. The van der Waals surface area contributed by atoms with Gasteiger partial charge >= 0.3 is 6.01 Å². The molecule has 1 aromatic rings. The summed E-state index contributed by atoms with van der Waals surface area (Å²) in [6.45, 7) is 6.76. The molecule has 1 fully saturated rings. The fourth-order valence-electron chi connectivity index (χ4n) is 2.24. The van der Waals surface area contributed by atoms with E-state index >= 15 is 0 Å². The molecule has 2 rings (SSSR count). The summed E-state index contributed by atoms with van der Waals surface area (Å²) in [5.41, 5.74) is 2.44. The van der Waals surface area contributed by atoms with Crippen molar-refractivity contribution in [1.29, 1.82) is 0 Å². The number of anilines is 2. The maximum atomic E-state index is 5.68. The zero-order chi connectivity index (χ0) is 14.4. The van der Waals surface area contributed by atoms with Crippen LogP contribution in [-0.4, -0.2) is 47.4 Å². The first-order valence-electron chi connectivity index (χ1n) is 6.98. The van der Waals surface area contributed by atoms with Crippen LogP contribution in [0.3, 0.4) is 0 Å². The Morgan fingerprint density at radius 2 is 2.15 bits per heavy atom. The van der Waals surface area contributed by atoms with E-state index in [0.29, 0.717) is 18.5 Å². The van der Waals surface area contributed by atoms with Crippen molar-refractivity contribution in [3.8, 4) is 6.01 Å². The van der Waals surface area contributed by atoms with Gasteiger partial charge in [0.05, 0.1) is 12.7 Å². The number of nitrogen functional groups attached to an aromatic ring is 1. The van der Waals surface area contributed by atoms with Gasteiger partial charge in [0.15, 0.2) is 0 Å². The molecule has 1 unspecified atom stereocenters. The normalized spacial score (nSPS) is 18.9. The monoisotopic (exact) mass is 282 g/mol. The molecule has 0 aromatic carbocycles. The van der Waals surface area contributed by atoms with E-state index in [1.54, 1.807) is 0 Å². The van der Waals surface area contributed by atoms with E-state index in [1.165, 1.54) is 0 Å². The van der Waals surface area contributed by atoms with Gasteiger partial charge in [-0.3, -0.25) is 5.43 Å². The van der Waals surface area contributed by atoms with Gasteiger partial charge in [-0.15, -0.1) is 0 Å². The van der Waals surface area contributed by atoms with Crippen LogP contribution in [0.15, 0.2) is 0 Å². The Kier molecular flexibility index (Phi) is 5.31.